The van der Waals surface area contributed by atoms with Crippen LogP contribution in [-0.4, -0.2) is 26.3 Å². The zero-order chi connectivity index (χ0) is 13.5. The number of aromatic nitrogens is 4. The van der Waals surface area contributed by atoms with Crippen molar-refractivity contribution in [3.63, 3.8) is 0 Å². The molecule has 8 heteroatoms. The van der Waals surface area contributed by atoms with Crippen LogP contribution in [0.25, 0.3) is 5.82 Å². The maximum absolute atomic E-state index is 12.6. The number of nitrogens with zero attached hydrogens (tertiary/aromatic N) is 4. The molecule has 0 unspecified atom stereocenters. The molecule has 0 saturated carbocycles. The van der Waals surface area contributed by atoms with Crippen molar-refractivity contribution in [2.45, 2.75) is 19.1 Å². The number of rotatable bonds is 1. The number of hydrogen-bond donors (Lipinski definition) is 1. The summed E-state index contributed by atoms with van der Waals surface area (Å²) < 4.78 is 38.8. The highest BCUT2D eigenvalue weighted by atomic mass is 19.4. The molecular weight excluding hydrogens is 259 g/mol. The first kappa shape index (κ1) is 12.1. The van der Waals surface area contributed by atoms with Gasteiger partial charge in [-0.1, -0.05) is 0 Å². The van der Waals surface area contributed by atoms with Gasteiger partial charge in [-0.25, -0.2) is 14.6 Å². The van der Waals surface area contributed by atoms with E-state index in [0.29, 0.717) is 12.4 Å². The molecule has 100 valence electrons. The Hall–Kier alpha value is -1.96. The molecule has 3 rings (SSSR count). The summed E-state index contributed by atoms with van der Waals surface area (Å²) in [6.07, 6.45) is -0.571. The van der Waals surface area contributed by atoms with Crippen LogP contribution in [0, 0.1) is 0 Å². The predicted molar refractivity (Wildman–Crippen MR) is 59.6 cm³/mol. The van der Waals surface area contributed by atoms with Crippen LogP contribution in [0.3, 0.4) is 0 Å². The lowest BCUT2D eigenvalue weighted by Gasteiger charge is -2.18. The van der Waals surface area contributed by atoms with E-state index in [1.54, 1.807) is 0 Å². The highest BCUT2D eigenvalue weighted by Crippen LogP contribution is 2.29. The van der Waals surface area contributed by atoms with Gasteiger partial charge in [-0.15, -0.1) is 0 Å². The summed E-state index contributed by atoms with van der Waals surface area (Å²) in [4.78, 5) is 8.19. The highest BCUT2D eigenvalue weighted by Gasteiger charge is 2.32. The molecule has 5 nitrogen and oxygen atoms in total. The zero-order valence-electron chi connectivity index (χ0n) is 9.78. The molecule has 0 bridgehead atoms. The molecule has 0 spiro atoms. The molecule has 0 fully saturated rings. The van der Waals surface area contributed by atoms with Crippen molar-refractivity contribution in [1.29, 1.82) is 0 Å². The van der Waals surface area contributed by atoms with Crippen LogP contribution in [0.5, 0.6) is 0 Å². The minimum Gasteiger partial charge on any atom is -0.312 e. The highest BCUT2D eigenvalue weighted by molar-refractivity contribution is 5.37. The summed E-state index contributed by atoms with van der Waals surface area (Å²) in [6, 6.07) is 0. The number of alkyl halides is 3. The molecule has 1 N–H and O–H groups in total. The Morgan fingerprint density at radius 2 is 2.11 bits per heavy atom. The van der Waals surface area contributed by atoms with Gasteiger partial charge in [0.25, 0.3) is 0 Å². The maximum Gasteiger partial charge on any atom is 0.419 e. The first-order valence-electron chi connectivity index (χ1n) is 5.71. The van der Waals surface area contributed by atoms with E-state index in [1.165, 1.54) is 6.33 Å². The van der Waals surface area contributed by atoms with Gasteiger partial charge in [-0.3, -0.25) is 0 Å². The lowest BCUT2D eigenvalue weighted by Crippen LogP contribution is -2.26. The van der Waals surface area contributed by atoms with Gasteiger partial charge in [0.05, 0.1) is 17.5 Å². The van der Waals surface area contributed by atoms with Crippen molar-refractivity contribution >= 4 is 0 Å². The van der Waals surface area contributed by atoms with Crippen LogP contribution >= 0.6 is 0 Å². The predicted octanol–water partition coefficient (Wildman–Crippen LogP) is 1.33. The molecule has 2 aromatic heterocycles. The van der Waals surface area contributed by atoms with E-state index in [2.05, 4.69) is 20.4 Å². The summed E-state index contributed by atoms with van der Waals surface area (Å²) in [6.45, 7) is 1.34. The largest absolute Gasteiger partial charge is 0.419 e. The lowest BCUT2D eigenvalue weighted by molar-refractivity contribution is -0.137. The third kappa shape index (κ3) is 2.19. The first-order chi connectivity index (χ1) is 9.05. The molecule has 0 radical (unpaired) electrons. The summed E-state index contributed by atoms with van der Waals surface area (Å²) in [7, 11) is 0. The van der Waals surface area contributed by atoms with E-state index >= 15 is 0 Å². The summed E-state index contributed by atoms with van der Waals surface area (Å²) >= 11 is 0. The van der Waals surface area contributed by atoms with Crippen LogP contribution in [-0.2, 0) is 19.1 Å². The Kier molecular flexibility index (Phi) is 2.74. The van der Waals surface area contributed by atoms with Crippen LogP contribution in [0.2, 0.25) is 0 Å². The second-order valence-corrected chi connectivity index (χ2v) is 4.22. The molecule has 19 heavy (non-hydrogen) atoms. The Morgan fingerprint density at radius 3 is 2.84 bits per heavy atom. The van der Waals surface area contributed by atoms with Gasteiger partial charge >= 0.3 is 6.18 Å². The van der Waals surface area contributed by atoms with Crippen molar-refractivity contribution in [2.75, 3.05) is 6.54 Å². The van der Waals surface area contributed by atoms with E-state index in [4.69, 9.17) is 0 Å². The molecular formula is C11H10F3N5. The Balaban J connectivity index is 2.05. The van der Waals surface area contributed by atoms with Crippen LogP contribution in [0.15, 0.2) is 18.7 Å². The van der Waals surface area contributed by atoms with Gasteiger partial charge in [-0.05, 0) is 0 Å². The molecule has 0 aliphatic carbocycles. The third-order valence-electron chi connectivity index (χ3n) is 2.98. The molecule has 1 aliphatic rings. The molecule has 2 aromatic rings. The van der Waals surface area contributed by atoms with E-state index in [9.17, 15) is 13.2 Å². The van der Waals surface area contributed by atoms with E-state index in [0.717, 1.165) is 41.3 Å². The normalized spacial score (nSPS) is 15.3. The lowest BCUT2D eigenvalue weighted by atomic mass is 10.1. The molecule has 0 aromatic carbocycles. The zero-order valence-corrected chi connectivity index (χ0v) is 9.78. The van der Waals surface area contributed by atoms with Gasteiger partial charge in [0, 0.05) is 31.3 Å². The molecule has 0 atom stereocenters. The van der Waals surface area contributed by atoms with E-state index in [1.807, 2.05) is 0 Å². The second kappa shape index (κ2) is 4.30. The molecule has 0 saturated heterocycles. The fourth-order valence-corrected chi connectivity index (χ4v) is 2.04. The Labute approximate surface area is 106 Å². The van der Waals surface area contributed by atoms with Gasteiger partial charge < -0.3 is 5.32 Å². The van der Waals surface area contributed by atoms with Crippen LogP contribution < -0.4 is 5.32 Å². The summed E-state index contributed by atoms with van der Waals surface area (Å²) in [5, 5.41) is 6.88. The first-order valence-corrected chi connectivity index (χ1v) is 5.71. The van der Waals surface area contributed by atoms with Crippen LogP contribution in [0.4, 0.5) is 13.2 Å². The average Bonchev–Trinajstić information content (AvgIpc) is 2.87. The Bertz CT molecular complexity index is 605. The SMILES string of the molecule is FC(F)(F)c1cnn(-c2ncnc3c2CNCC3)c1. The maximum atomic E-state index is 12.6. The van der Waals surface area contributed by atoms with Crippen LogP contribution in [0.1, 0.15) is 16.8 Å². The number of hydrogen-bond acceptors (Lipinski definition) is 4. The third-order valence-corrected chi connectivity index (χ3v) is 2.98. The number of fused-ring (bicyclic) bond motifs is 1. The van der Waals surface area contributed by atoms with E-state index < -0.39 is 11.7 Å². The second-order valence-electron chi connectivity index (χ2n) is 4.22. The van der Waals surface area contributed by atoms with Crippen molar-refractivity contribution in [1.82, 2.24) is 25.1 Å². The van der Waals surface area contributed by atoms with Gasteiger partial charge in [0.1, 0.15) is 6.33 Å². The number of nitrogens with one attached hydrogen (secondary N) is 1. The average molecular weight is 269 g/mol. The molecule has 1 aliphatic heterocycles. The van der Waals surface area contributed by atoms with Gasteiger partial charge in [-0.2, -0.15) is 18.3 Å². The fraction of sp³-hybridized carbons (Fsp3) is 0.364. The monoisotopic (exact) mass is 269 g/mol. The smallest absolute Gasteiger partial charge is 0.312 e. The van der Waals surface area contributed by atoms with Gasteiger partial charge in [0.15, 0.2) is 5.82 Å². The van der Waals surface area contributed by atoms with Crippen molar-refractivity contribution in [2.24, 2.45) is 0 Å². The molecule has 0 amide bonds. The minimum absolute atomic E-state index is 0.396. The fourth-order valence-electron chi connectivity index (χ4n) is 2.04. The number of halogens is 3. The van der Waals surface area contributed by atoms with Crippen molar-refractivity contribution in [3.05, 3.63) is 35.5 Å². The van der Waals surface area contributed by atoms with Gasteiger partial charge in [0.2, 0.25) is 0 Å². The van der Waals surface area contributed by atoms with E-state index in [-0.39, 0.29) is 0 Å². The van der Waals surface area contributed by atoms with Crippen molar-refractivity contribution < 1.29 is 13.2 Å². The standard InChI is InChI=1S/C11H10F3N5/c12-11(13,14)7-3-18-19(5-7)10-8-4-15-2-1-9(8)16-6-17-10/h3,5-6,15H,1-2,4H2. The Morgan fingerprint density at radius 1 is 1.26 bits per heavy atom. The summed E-state index contributed by atoms with van der Waals surface area (Å²) in [5.41, 5.74) is 0.863. The topological polar surface area (TPSA) is 55.6 Å². The quantitative estimate of drug-likeness (QED) is 0.848. The van der Waals surface area contributed by atoms with Crippen molar-refractivity contribution in [3.8, 4) is 5.82 Å². The molecule has 3 heterocycles. The minimum atomic E-state index is -4.40. The summed E-state index contributed by atoms with van der Waals surface area (Å²) in [5.74, 6) is 0.396.